The van der Waals surface area contributed by atoms with Crippen molar-refractivity contribution in [3.63, 3.8) is 0 Å². The second-order valence-corrected chi connectivity index (χ2v) is 5.00. The minimum absolute atomic E-state index is 0.0218. The van der Waals surface area contributed by atoms with E-state index < -0.39 is 5.97 Å². The highest BCUT2D eigenvalue weighted by Crippen LogP contribution is 1.98. The molecule has 0 aromatic carbocycles. The fraction of sp³-hybridized carbons (Fsp3) is 0.429. The molecule has 2 aromatic heterocycles. The zero-order valence-corrected chi connectivity index (χ0v) is 12.4. The summed E-state index contributed by atoms with van der Waals surface area (Å²) in [6, 6.07) is 1.58. The molecule has 2 aromatic rings. The van der Waals surface area contributed by atoms with E-state index in [0.717, 1.165) is 18.5 Å². The molecule has 0 saturated heterocycles. The molecule has 0 saturated carbocycles. The molecule has 0 bridgehead atoms. The number of amides is 1. The number of hydrogen-bond donors (Lipinski definition) is 2. The summed E-state index contributed by atoms with van der Waals surface area (Å²) in [5, 5.41) is 19.6. The summed E-state index contributed by atoms with van der Waals surface area (Å²) < 4.78 is 3.29. The third-order valence-electron chi connectivity index (χ3n) is 3.04. The van der Waals surface area contributed by atoms with Gasteiger partial charge in [-0.1, -0.05) is 0 Å². The number of aliphatic carboxylic acids is 1. The molecule has 8 heteroatoms. The molecular weight excluding hydrogens is 286 g/mol. The van der Waals surface area contributed by atoms with E-state index in [9.17, 15) is 9.59 Å². The first-order valence-corrected chi connectivity index (χ1v) is 7.07. The average Bonchev–Trinajstić information content (AvgIpc) is 3.10. The summed E-state index contributed by atoms with van der Waals surface area (Å²) in [5.41, 5.74) is 1.40. The summed E-state index contributed by atoms with van der Waals surface area (Å²) >= 11 is 0. The normalized spacial score (nSPS) is 10.6. The van der Waals surface area contributed by atoms with E-state index in [1.165, 1.54) is 4.68 Å². The van der Waals surface area contributed by atoms with Crippen LogP contribution in [0.4, 0.5) is 0 Å². The van der Waals surface area contributed by atoms with E-state index in [4.69, 9.17) is 5.11 Å². The minimum Gasteiger partial charge on any atom is -0.481 e. The molecule has 22 heavy (non-hydrogen) atoms. The highest BCUT2D eigenvalue weighted by molar-refractivity contribution is 5.92. The summed E-state index contributed by atoms with van der Waals surface area (Å²) in [6.07, 6.45) is 6.09. The van der Waals surface area contributed by atoms with Gasteiger partial charge in [-0.2, -0.15) is 10.2 Å². The van der Waals surface area contributed by atoms with Crippen molar-refractivity contribution in [2.24, 2.45) is 0 Å². The first-order chi connectivity index (χ1) is 10.5. The van der Waals surface area contributed by atoms with Crippen molar-refractivity contribution < 1.29 is 14.7 Å². The zero-order chi connectivity index (χ0) is 15.9. The first kappa shape index (κ1) is 15.7. The second-order valence-electron chi connectivity index (χ2n) is 5.00. The molecule has 0 unspecified atom stereocenters. The zero-order valence-electron chi connectivity index (χ0n) is 12.4. The van der Waals surface area contributed by atoms with Gasteiger partial charge in [-0.15, -0.1) is 0 Å². The number of hydrogen-bond acceptors (Lipinski definition) is 4. The number of carboxylic acid groups (broad SMARTS) is 1. The molecule has 8 nitrogen and oxygen atoms in total. The number of nitrogens with zero attached hydrogens (tertiary/aromatic N) is 4. The lowest BCUT2D eigenvalue weighted by Gasteiger charge is -2.04. The van der Waals surface area contributed by atoms with Gasteiger partial charge in [0, 0.05) is 25.5 Å². The van der Waals surface area contributed by atoms with Gasteiger partial charge in [0.2, 0.25) is 0 Å². The van der Waals surface area contributed by atoms with Crippen molar-refractivity contribution in [1.82, 2.24) is 24.9 Å². The molecule has 0 aliphatic rings. The third kappa shape index (κ3) is 4.72. The maximum atomic E-state index is 11.9. The maximum Gasteiger partial charge on any atom is 0.305 e. The van der Waals surface area contributed by atoms with E-state index in [1.807, 2.05) is 17.8 Å². The lowest BCUT2D eigenvalue weighted by molar-refractivity contribution is -0.137. The molecular formula is C14H19N5O3. The fourth-order valence-electron chi connectivity index (χ4n) is 1.94. The van der Waals surface area contributed by atoms with E-state index in [2.05, 4.69) is 15.5 Å². The number of carboxylic acids is 1. The maximum absolute atomic E-state index is 11.9. The van der Waals surface area contributed by atoms with Crippen LogP contribution in [0.2, 0.25) is 0 Å². The van der Waals surface area contributed by atoms with Gasteiger partial charge < -0.3 is 10.4 Å². The smallest absolute Gasteiger partial charge is 0.305 e. The molecule has 0 atom stereocenters. The molecule has 0 spiro atoms. The Labute approximate surface area is 127 Å². The predicted octanol–water partition coefficient (Wildman–Crippen LogP) is 0.683. The minimum atomic E-state index is -0.893. The summed E-state index contributed by atoms with van der Waals surface area (Å²) in [4.78, 5) is 22.4. The Bertz CT molecular complexity index is 646. The van der Waals surface area contributed by atoms with Gasteiger partial charge in [-0.25, -0.2) is 0 Å². The molecule has 0 aliphatic carbocycles. The van der Waals surface area contributed by atoms with Crippen molar-refractivity contribution in [1.29, 1.82) is 0 Å². The standard InChI is InChI=1S/C14H19N5O3/c1-11-9-16-19(10-11)6-2-5-15-14(22)12-3-7-18(17-12)8-4-13(20)21/h3,7,9-10H,2,4-6,8H2,1H3,(H,15,22)(H,20,21). The van der Waals surface area contributed by atoms with Crippen LogP contribution >= 0.6 is 0 Å². The SMILES string of the molecule is Cc1cnn(CCCNC(=O)c2ccn(CCC(=O)O)n2)c1. The van der Waals surface area contributed by atoms with E-state index in [1.54, 1.807) is 18.5 Å². The Balaban J connectivity index is 1.71. The lowest BCUT2D eigenvalue weighted by Crippen LogP contribution is -2.26. The van der Waals surface area contributed by atoms with Crippen LogP contribution in [-0.4, -0.2) is 43.1 Å². The number of aromatic nitrogens is 4. The van der Waals surface area contributed by atoms with Crippen LogP contribution in [0, 0.1) is 6.92 Å². The predicted molar refractivity (Wildman–Crippen MR) is 78.4 cm³/mol. The molecule has 0 radical (unpaired) electrons. The van der Waals surface area contributed by atoms with Crippen LogP contribution in [0.15, 0.2) is 24.7 Å². The molecule has 0 aliphatic heterocycles. The lowest BCUT2D eigenvalue weighted by atomic mass is 10.3. The topological polar surface area (TPSA) is 102 Å². The number of rotatable bonds is 8. The Morgan fingerprint density at radius 1 is 1.32 bits per heavy atom. The van der Waals surface area contributed by atoms with Gasteiger partial charge in [0.1, 0.15) is 5.69 Å². The Kier molecular flexibility index (Phi) is 5.29. The van der Waals surface area contributed by atoms with Gasteiger partial charge in [0.25, 0.3) is 5.91 Å². The van der Waals surface area contributed by atoms with Crippen LogP contribution in [0.3, 0.4) is 0 Å². The summed E-state index contributed by atoms with van der Waals surface area (Å²) in [7, 11) is 0. The van der Waals surface area contributed by atoms with E-state index in [-0.39, 0.29) is 18.9 Å². The van der Waals surface area contributed by atoms with Gasteiger partial charge in [0.05, 0.1) is 19.2 Å². The Morgan fingerprint density at radius 2 is 2.14 bits per heavy atom. The summed E-state index contributed by atoms with van der Waals surface area (Å²) in [6.45, 7) is 3.49. The van der Waals surface area contributed by atoms with Gasteiger partial charge >= 0.3 is 5.97 Å². The van der Waals surface area contributed by atoms with Crippen LogP contribution in [0.5, 0.6) is 0 Å². The van der Waals surface area contributed by atoms with Crippen molar-refractivity contribution in [3.05, 3.63) is 35.9 Å². The van der Waals surface area contributed by atoms with E-state index in [0.29, 0.717) is 12.2 Å². The second kappa shape index (κ2) is 7.39. The Hall–Kier alpha value is -2.64. The van der Waals surface area contributed by atoms with Crippen LogP contribution in [0.25, 0.3) is 0 Å². The van der Waals surface area contributed by atoms with Crippen molar-refractivity contribution in [2.45, 2.75) is 32.9 Å². The number of aryl methyl sites for hydroxylation is 3. The first-order valence-electron chi connectivity index (χ1n) is 7.07. The largest absolute Gasteiger partial charge is 0.481 e. The molecule has 1 amide bonds. The molecule has 2 rings (SSSR count). The molecule has 118 valence electrons. The van der Waals surface area contributed by atoms with Crippen LogP contribution in [-0.2, 0) is 17.9 Å². The van der Waals surface area contributed by atoms with Gasteiger partial charge in [0.15, 0.2) is 0 Å². The monoisotopic (exact) mass is 305 g/mol. The Morgan fingerprint density at radius 3 is 2.82 bits per heavy atom. The highest BCUT2D eigenvalue weighted by atomic mass is 16.4. The molecule has 2 N–H and O–H groups in total. The van der Waals surface area contributed by atoms with Crippen molar-refractivity contribution in [3.8, 4) is 0 Å². The van der Waals surface area contributed by atoms with Crippen LogP contribution < -0.4 is 5.32 Å². The van der Waals surface area contributed by atoms with Crippen molar-refractivity contribution in [2.75, 3.05) is 6.54 Å². The van der Waals surface area contributed by atoms with E-state index >= 15 is 0 Å². The average molecular weight is 305 g/mol. The summed E-state index contributed by atoms with van der Waals surface area (Å²) in [5.74, 6) is -1.15. The van der Waals surface area contributed by atoms with Crippen molar-refractivity contribution >= 4 is 11.9 Å². The number of carbonyl (C=O) groups excluding carboxylic acids is 1. The fourth-order valence-corrected chi connectivity index (χ4v) is 1.94. The quantitative estimate of drug-likeness (QED) is 0.698. The number of carbonyl (C=O) groups is 2. The van der Waals surface area contributed by atoms with Gasteiger partial charge in [-0.05, 0) is 25.0 Å². The van der Waals surface area contributed by atoms with Crippen LogP contribution in [0.1, 0.15) is 28.9 Å². The molecule has 0 fully saturated rings. The number of nitrogens with one attached hydrogen (secondary N) is 1. The highest BCUT2D eigenvalue weighted by Gasteiger charge is 2.09. The van der Waals surface area contributed by atoms with Gasteiger partial charge in [-0.3, -0.25) is 19.0 Å². The third-order valence-corrected chi connectivity index (χ3v) is 3.04. The molecule has 2 heterocycles.